The van der Waals surface area contributed by atoms with E-state index < -0.39 is 18.0 Å². The first kappa shape index (κ1) is 19.7. The molecule has 10 nitrogen and oxygen atoms in total. The quantitative estimate of drug-likeness (QED) is 0.295. The van der Waals surface area contributed by atoms with E-state index in [0.29, 0.717) is 27.8 Å². The second-order valence-electron chi connectivity index (χ2n) is 6.50. The van der Waals surface area contributed by atoms with Gasteiger partial charge in [-0.05, 0) is 18.6 Å². The number of ether oxygens (including phenoxy) is 1. The average Bonchev–Trinajstić information content (AvgIpc) is 3.14. The highest BCUT2D eigenvalue weighted by atomic mass is 32.2. The fourth-order valence-electron chi connectivity index (χ4n) is 3.26. The van der Waals surface area contributed by atoms with E-state index in [9.17, 15) is 19.5 Å². The number of nitrogens with zero attached hydrogens (tertiary/aromatic N) is 4. The number of rotatable bonds is 5. The lowest BCUT2D eigenvalue weighted by Gasteiger charge is -2.48. The van der Waals surface area contributed by atoms with Gasteiger partial charge in [0.15, 0.2) is 5.65 Å². The molecule has 12 heteroatoms. The third-order valence-electron chi connectivity index (χ3n) is 4.72. The molecular formula is C17H17N5O5S2. The number of amides is 1. The van der Waals surface area contributed by atoms with Crippen LogP contribution in [0, 0.1) is 6.92 Å². The molecular weight excluding hydrogens is 418 g/mol. The fourth-order valence-corrected chi connectivity index (χ4v) is 5.65. The minimum atomic E-state index is -1.14. The van der Waals surface area contributed by atoms with Gasteiger partial charge in [-0.3, -0.25) is 9.69 Å². The highest BCUT2D eigenvalue weighted by Gasteiger charge is 2.51. The summed E-state index contributed by atoms with van der Waals surface area (Å²) in [5.74, 6) is -1.25. The topological polar surface area (TPSA) is 140 Å². The Kier molecular flexibility index (Phi) is 5.00. The molecule has 2 aromatic rings. The number of aliphatic carboxylic acids is 1. The molecule has 4 rings (SSSR count). The number of carbonyl (C=O) groups excluding carboxylic acids is 2. The monoisotopic (exact) mass is 435 g/mol. The largest absolute Gasteiger partial charge is 0.477 e. The summed E-state index contributed by atoms with van der Waals surface area (Å²) in [4.78, 5) is 41.5. The number of carboxylic acids is 1. The molecule has 0 bridgehead atoms. The van der Waals surface area contributed by atoms with Crippen molar-refractivity contribution in [1.29, 1.82) is 0 Å². The first-order chi connectivity index (χ1) is 13.8. The second-order valence-corrected chi connectivity index (χ2v) is 8.60. The predicted molar refractivity (Wildman–Crippen MR) is 106 cm³/mol. The highest BCUT2D eigenvalue weighted by molar-refractivity contribution is 8.01. The molecule has 0 unspecified atom stereocenters. The first-order valence-electron chi connectivity index (χ1n) is 8.55. The van der Waals surface area contributed by atoms with Crippen molar-refractivity contribution in [2.45, 2.75) is 23.4 Å². The summed E-state index contributed by atoms with van der Waals surface area (Å²) in [5.41, 5.74) is 7.79. The average molecular weight is 435 g/mol. The molecule has 1 amide bonds. The second kappa shape index (κ2) is 7.35. The van der Waals surface area contributed by atoms with Gasteiger partial charge in [0.25, 0.3) is 0 Å². The van der Waals surface area contributed by atoms with Crippen LogP contribution in [0.15, 0.2) is 28.6 Å². The summed E-state index contributed by atoms with van der Waals surface area (Å²) in [6.45, 7) is 1.83. The van der Waals surface area contributed by atoms with Gasteiger partial charge in [0.05, 0.1) is 13.3 Å². The SMILES string of the molecule is COC(=O)c1cnn2c(C)cc(SCC3=C(C(=O)O)N4C(=O)[C@@H](N)[C@H]4SC3)nc12. The van der Waals surface area contributed by atoms with Crippen molar-refractivity contribution in [2.75, 3.05) is 18.6 Å². The van der Waals surface area contributed by atoms with Crippen LogP contribution in [0.2, 0.25) is 0 Å². The van der Waals surface area contributed by atoms with Crippen LogP contribution in [0.25, 0.3) is 5.65 Å². The Bertz CT molecular complexity index is 1080. The third-order valence-corrected chi connectivity index (χ3v) is 7.08. The van der Waals surface area contributed by atoms with Crippen LogP contribution >= 0.6 is 23.5 Å². The first-order valence-corrected chi connectivity index (χ1v) is 10.6. The van der Waals surface area contributed by atoms with Gasteiger partial charge >= 0.3 is 11.9 Å². The predicted octanol–water partition coefficient (Wildman–Crippen LogP) is 0.498. The van der Waals surface area contributed by atoms with Crippen LogP contribution < -0.4 is 5.73 Å². The number of fused-ring (bicyclic) bond motifs is 2. The van der Waals surface area contributed by atoms with Gasteiger partial charge in [0.2, 0.25) is 5.91 Å². The van der Waals surface area contributed by atoms with E-state index in [-0.39, 0.29) is 22.5 Å². The van der Waals surface area contributed by atoms with Crippen LogP contribution in [-0.4, -0.2) is 72.5 Å². The Morgan fingerprint density at radius 1 is 1.48 bits per heavy atom. The molecule has 0 aliphatic carbocycles. The molecule has 2 atom stereocenters. The molecule has 0 radical (unpaired) electrons. The van der Waals surface area contributed by atoms with E-state index in [1.54, 1.807) is 10.6 Å². The van der Waals surface area contributed by atoms with Crippen molar-refractivity contribution in [3.05, 3.63) is 34.8 Å². The van der Waals surface area contributed by atoms with Crippen molar-refractivity contribution in [1.82, 2.24) is 19.5 Å². The van der Waals surface area contributed by atoms with Crippen molar-refractivity contribution < 1.29 is 24.2 Å². The number of carboxylic acid groups (broad SMARTS) is 1. The molecule has 29 heavy (non-hydrogen) atoms. The molecule has 1 saturated heterocycles. The summed E-state index contributed by atoms with van der Waals surface area (Å²) < 4.78 is 6.30. The maximum Gasteiger partial charge on any atom is 0.352 e. The summed E-state index contributed by atoms with van der Waals surface area (Å²) in [5, 5.41) is 14.1. The van der Waals surface area contributed by atoms with E-state index in [1.807, 2.05) is 6.92 Å². The standard InChI is InChI=1S/C17H17N5O5S2/c1-7-3-10(20-13-9(17(26)27-2)4-19-22(7)13)28-5-8-6-29-15-11(18)14(23)21(15)12(8)16(24)25/h3-4,11,15H,5-6,18H2,1-2H3,(H,24,25)/t11-,15-/m1/s1. The maximum absolute atomic E-state index is 12.0. The number of esters is 1. The third kappa shape index (κ3) is 3.16. The summed E-state index contributed by atoms with van der Waals surface area (Å²) >= 11 is 2.79. The van der Waals surface area contributed by atoms with Gasteiger partial charge in [-0.25, -0.2) is 19.1 Å². The number of thioether (sulfide) groups is 2. The van der Waals surface area contributed by atoms with Gasteiger partial charge in [-0.1, -0.05) is 0 Å². The minimum absolute atomic E-state index is 0.00496. The summed E-state index contributed by atoms with van der Waals surface area (Å²) in [6.07, 6.45) is 1.40. The molecule has 0 aromatic carbocycles. The lowest BCUT2D eigenvalue weighted by atomic mass is 10.0. The Balaban J connectivity index is 1.63. The van der Waals surface area contributed by atoms with Crippen molar-refractivity contribution in [3.8, 4) is 0 Å². The van der Waals surface area contributed by atoms with Crippen LogP contribution in [-0.2, 0) is 14.3 Å². The zero-order valence-electron chi connectivity index (χ0n) is 15.5. The Labute approximate surface area is 173 Å². The number of nitrogens with two attached hydrogens (primary N) is 1. The number of methoxy groups -OCH3 is 1. The number of aryl methyl sites for hydroxylation is 1. The van der Waals surface area contributed by atoms with Crippen molar-refractivity contribution in [2.24, 2.45) is 5.73 Å². The zero-order valence-corrected chi connectivity index (χ0v) is 17.1. The van der Waals surface area contributed by atoms with Crippen LogP contribution in [0.3, 0.4) is 0 Å². The van der Waals surface area contributed by atoms with Crippen molar-refractivity contribution in [3.63, 3.8) is 0 Å². The van der Waals surface area contributed by atoms with Gasteiger partial charge in [0, 0.05) is 17.2 Å². The molecule has 2 aliphatic rings. The lowest BCUT2D eigenvalue weighted by molar-refractivity contribution is -0.147. The molecule has 152 valence electrons. The van der Waals surface area contributed by atoms with E-state index in [0.717, 1.165) is 5.69 Å². The number of carbonyl (C=O) groups is 3. The number of hydrogen-bond donors (Lipinski definition) is 2. The van der Waals surface area contributed by atoms with E-state index >= 15 is 0 Å². The van der Waals surface area contributed by atoms with Gasteiger partial charge < -0.3 is 15.6 Å². The molecule has 0 saturated carbocycles. The van der Waals surface area contributed by atoms with E-state index in [1.165, 1.54) is 41.7 Å². The number of β-lactam (4-membered cyclic amide) rings is 1. The molecule has 4 heterocycles. The Morgan fingerprint density at radius 3 is 2.93 bits per heavy atom. The molecule has 1 fully saturated rings. The van der Waals surface area contributed by atoms with Crippen molar-refractivity contribution >= 4 is 47.0 Å². The van der Waals surface area contributed by atoms with Gasteiger partial charge in [0.1, 0.15) is 27.7 Å². The normalized spacial score (nSPS) is 21.2. The fraction of sp³-hybridized carbons (Fsp3) is 0.353. The summed E-state index contributed by atoms with van der Waals surface area (Å²) in [6, 6.07) is 1.14. The van der Waals surface area contributed by atoms with E-state index in [4.69, 9.17) is 10.5 Å². The lowest BCUT2D eigenvalue weighted by Crippen LogP contribution is -2.68. The highest BCUT2D eigenvalue weighted by Crippen LogP contribution is 2.40. The van der Waals surface area contributed by atoms with Gasteiger partial charge in [-0.2, -0.15) is 5.10 Å². The zero-order chi connectivity index (χ0) is 20.9. The van der Waals surface area contributed by atoms with E-state index in [2.05, 4.69) is 10.1 Å². The molecule has 3 N–H and O–H groups in total. The van der Waals surface area contributed by atoms with Crippen LogP contribution in [0.1, 0.15) is 16.1 Å². The number of hydrogen-bond acceptors (Lipinski definition) is 9. The molecule has 0 spiro atoms. The Morgan fingerprint density at radius 2 is 2.24 bits per heavy atom. The maximum atomic E-state index is 12.0. The minimum Gasteiger partial charge on any atom is -0.477 e. The van der Waals surface area contributed by atoms with Crippen LogP contribution in [0.5, 0.6) is 0 Å². The molecule has 2 aliphatic heterocycles. The smallest absolute Gasteiger partial charge is 0.352 e. The summed E-state index contributed by atoms with van der Waals surface area (Å²) in [7, 11) is 1.29. The van der Waals surface area contributed by atoms with Gasteiger partial charge in [-0.15, -0.1) is 23.5 Å². The Hall–Kier alpha value is -2.57. The van der Waals surface area contributed by atoms with Crippen LogP contribution in [0.4, 0.5) is 0 Å². The number of aromatic nitrogens is 3. The molecule has 2 aromatic heterocycles.